The highest BCUT2D eigenvalue weighted by molar-refractivity contribution is 6.30. The molecule has 0 fully saturated rings. The second-order valence-corrected chi connectivity index (χ2v) is 5.43. The minimum Gasteiger partial charge on any atom is -0.482 e. The second-order valence-electron chi connectivity index (χ2n) is 4.99. The molecule has 1 aromatic rings. The SMILES string of the molecule is CCCCCC(C)OC(=O)COc1ccc(Cl)cc1C. The van der Waals surface area contributed by atoms with Crippen molar-refractivity contribution < 1.29 is 14.3 Å². The Morgan fingerprint density at radius 1 is 1.35 bits per heavy atom. The van der Waals surface area contributed by atoms with E-state index in [1.165, 1.54) is 12.8 Å². The molecular weight excluding hydrogens is 276 g/mol. The standard InChI is InChI=1S/C16H23ClO3/c1-4-5-6-7-13(3)20-16(18)11-19-15-9-8-14(17)10-12(15)2/h8-10,13H,4-7,11H2,1-3H3. The molecule has 112 valence electrons. The van der Waals surface area contributed by atoms with Gasteiger partial charge in [-0.3, -0.25) is 0 Å². The van der Waals surface area contributed by atoms with Crippen LogP contribution < -0.4 is 4.74 Å². The molecular formula is C16H23ClO3. The zero-order chi connectivity index (χ0) is 15.0. The fourth-order valence-corrected chi connectivity index (χ4v) is 2.14. The van der Waals surface area contributed by atoms with Crippen LogP contribution in [-0.4, -0.2) is 18.7 Å². The lowest BCUT2D eigenvalue weighted by Crippen LogP contribution is -2.20. The Morgan fingerprint density at radius 2 is 2.10 bits per heavy atom. The zero-order valence-electron chi connectivity index (χ0n) is 12.4. The molecule has 1 atom stereocenters. The van der Waals surface area contributed by atoms with Crippen LogP contribution >= 0.6 is 11.6 Å². The molecule has 0 aliphatic carbocycles. The van der Waals surface area contributed by atoms with Crippen molar-refractivity contribution in [3.8, 4) is 5.75 Å². The lowest BCUT2D eigenvalue weighted by Gasteiger charge is -2.14. The number of hydrogen-bond donors (Lipinski definition) is 0. The van der Waals surface area contributed by atoms with Crippen LogP contribution in [0.15, 0.2) is 18.2 Å². The first-order valence-corrected chi connectivity index (χ1v) is 7.49. The van der Waals surface area contributed by atoms with Crippen molar-refractivity contribution in [3.63, 3.8) is 0 Å². The van der Waals surface area contributed by atoms with E-state index in [0.717, 1.165) is 18.4 Å². The molecule has 0 heterocycles. The number of halogens is 1. The molecule has 0 N–H and O–H groups in total. The molecule has 20 heavy (non-hydrogen) atoms. The van der Waals surface area contributed by atoms with Crippen molar-refractivity contribution in [1.82, 2.24) is 0 Å². The summed E-state index contributed by atoms with van der Waals surface area (Å²) >= 11 is 5.86. The van der Waals surface area contributed by atoms with E-state index in [1.807, 2.05) is 13.8 Å². The molecule has 0 amide bonds. The van der Waals surface area contributed by atoms with Gasteiger partial charge in [0.05, 0.1) is 6.10 Å². The van der Waals surface area contributed by atoms with Crippen molar-refractivity contribution in [2.45, 2.75) is 52.6 Å². The maximum atomic E-state index is 11.7. The molecule has 1 rings (SSSR count). The molecule has 0 radical (unpaired) electrons. The molecule has 3 nitrogen and oxygen atoms in total. The number of carbonyl (C=O) groups is 1. The van der Waals surface area contributed by atoms with Gasteiger partial charge in [-0.05, 0) is 50.5 Å². The van der Waals surface area contributed by atoms with Crippen molar-refractivity contribution >= 4 is 17.6 Å². The van der Waals surface area contributed by atoms with Gasteiger partial charge in [-0.25, -0.2) is 4.79 Å². The van der Waals surface area contributed by atoms with E-state index in [4.69, 9.17) is 21.1 Å². The number of benzene rings is 1. The maximum absolute atomic E-state index is 11.7. The van der Waals surface area contributed by atoms with Gasteiger partial charge < -0.3 is 9.47 Å². The summed E-state index contributed by atoms with van der Waals surface area (Å²) in [6, 6.07) is 5.30. The Morgan fingerprint density at radius 3 is 2.75 bits per heavy atom. The molecule has 0 aromatic heterocycles. The van der Waals surface area contributed by atoms with Crippen LogP contribution in [0.2, 0.25) is 5.02 Å². The van der Waals surface area contributed by atoms with Crippen molar-refractivity contribution in [1.29, 1.82) is 0 Å². The summed E-state index contributed by atoms with van der Waals surface area (Å²) < 4.78 is 10.7. The number of aryl methyl sites for hydroxylation is 1. The molecule has 4 heteroatoms. The molecule has 1 aromatic carbocycles. The molecule has 0 bridgehead atoms. The minimum absolute atomic E-state index is 0.0519. The Labute approximate surface area is 126 Å². The van der Waals surface area contributed by atoms with Crippen molar-refractivity contribution in [2.75, 3.05) is 6.61 Å². The summed E-state index contributed by atoms with van der Waals surface area (Å²) in [4.78, 5) is 11.7. The first-order valence-electron chi connectivity index (χ1n) is 7.11. The van der Waals surface area contributed by atoms with Gasteiger partial charge in [0.25, 0.3) is 0 Å². The Bertz CT molecular complexity index is 432. The Hall–Kier alpha value is -1.22. The lowest BCUT2D eigenvalue weighted by atomic mass is 10.1. The zero-order valence-corrected chi connectivity index (χ0v) is 13.2. The smallest absolute Gasteiger partial charge is 0.344 e. The number of carbonyl (C=O) groups excluding carboxylic acids is 1. The van der Waals surface area contributed by atoms with Crippen LogP contribution in [0, 0.1) is 6.92 Å². The predicted molar refractivity (Wildman–Crippen MR) is 81.4 cm³/mol. The van der Waals surface area contributed by atoms with Gasteiger partial charge in [0.1, 0.15) is 5.75 Å². The topological polar surface area (TPSA) is 35.5 Å². The summed E-state index contributed by atoms with van der Waals surface area (Å²) in [5, 5.41) is 0.655. The van der Waals surface area contributed by atoms with Crippen LogP contribution in [0.1, 0.15) is 45.1 Å². The molecule has 0 saturated carbocycles. The van der Waals surface area contributed by atoms with E-state index >= 15 is 0 Å². The third-order valence-electron chi connectivity index (χ3n) is 3.03. The fraction of sp³-hybridized carbons (Fsp3) is 0.562. The quantitative estimate of drug-likeness (QED) is 0.522. The summed E-state index contributed by atoms with van der Waals surface area (Å²) in [5.41, 5.74) is 0.904. The van der Waals surface area contributed by atoms with Gasteiger partial charge in [0, 0.05) is 5.02 Å². The van der Waals surface area contributed by atoms with Gasteiger partial charge in [0.2, 0.25) is 0 Å². The first kappa shape index (κ1) is 16.8. The molecule has 0 aliphatic heterocycles. The van der Waals surface area contributed by atoms with Crippen molar-refractivity contribution in [3.05, 3.63) is 28.8 Å². The van der Waals surface area contributed by atoms with Crippen LogP contribution in [-0.2, 0) is 9.53 Å². The summed E-state index contributed by atoms with van der Waals surface area (Å²) in [7, 11) is 0. The van der Waals surface area contributed by atoms with E-state index in [-0.39, 0.29) is 18.7 Å². The number of esters is 1. The van der Waals surface area contributed by atoms with Crippen LogP contribution in [0.25, 0.3) is 0 Å². The van der Waals surface area contributed by atoms with Gasteiger partial charge in [0.15, 0.2) is 6.61 Å². The maximum Gasteiger partial charge on any atom is 0.344 e. The first-order chi connectivity index (χ1) is 9.52. The molecule has 0 saturated heterocycles. The molecule has 0 aliphatic rings. The minimum atomic E-state index is -0.330. The van der Waals surface area contributed by atoms with E-state index in [9.17, 15) is 4.79 Å². The number of hydrogen-bond acceptors (Lipinski definition) is 3. The van der Waals surface area contributed by atoms with E-state index in [0.29, 0.717) is 10.8 Å². The van der Waals surface area contributed by atoms with E-state index < -0.39 is 0 Å². The van der Waals surface area contributed by atoms with Gasteiger partial charge >= 0.3 is 5.97 Å². The summed E-state index contributed by atoms with van der Waals surface area (Å²) in [6.45, 7) is 5.89. The normalized spacial score (nSPS) is 12.0. The van der Waals surface area contributed by atoms with Gasteiger partial charge in [-0.1, -0.05) is 31.4 Å². The average Bonchev–Trinajstić information content (AvgIpc) is 2.38. The van der Waals surface area contributed by atoms with E-state index in [1.54, 1.807) is 18.2 Å². The predicted octanol–water partition coefficient (Wildman–Crippen LogP) is 4.54. The van der Waals surface area contributed by atoms with E-state index in [2.05, 4.69) is 6.92 Å². The fourth-order valence-electron chi connectivity index (χ4n) is 1.91. The van der Waals surface area contributed by atoms with Crippen LogP contribution in [0.5, 0.6) is 5.75 Å². The second kappa shape index (κ2) is 8.85. The highest BCUT2D eigenvalue weighted by Gasteiger charge is 2.11. The number of ether oxygens (including phenoxy) is 2. The molecule has 1 unspecified atom stereocenters. The highest BCUT2D eigenvalue weighted by Crippen LogP contribution is 2.21. The molecule has 0 spiro atoms. The summed E-state index contributed by atoms with van der Waals surface area (Å²) in [6.07, 6.45) is 4.27. The van der Waals surface area contributed by atoms with Crippen LogP contribution in [0.4, 0.5) is 0 Å². The lowest BCUT2D eigenvalue weighted by molar-refractivity contribution is -0.150. The summed E-state index contributed by atoms with van der Waals surface area (Å²) in [5.74, 6) is 0.327. The third-order valence-corrected chi connectivity index (χ3v) is 3.26. The van der Waals surface area contributed by atoms with Crippen LogP contribution in [0.3, 0.4) is 0 Å². The van der Waals surface area contributed by atoms with Gasteiger partial charge in [-0.15, -0.1) is 0 Å². The Balaban J connectivity index is 2.32. The Kier molecular flexibility index (Phi) is 7.45. The largest absolute Gasteiger partial charge is 0.482 e. The average molecular weight is 299 g/mol. The highest BCUT2D eigenvalue weighted by atomic mass is 35.5. The third kappa shape index (κ3) is 6.29. The van der Waals surface area contributed by atoms with Gasteiger partial charge in [-0.2, -0.15) is 0 Å². The number of rotatable bonds is 8. The monoisotopic (exact) mass is 298 g/mol. The van der Waals surface area contributed by atoms with Crippen molar-refractivity contribution in [2.24, 2.45) is 0 Å². The number of unbranched alkanes of at least 4 members (excludes halogenated alkanes) is 2.